The summed E-state index contributed by atoms with van der Waals surface area (Å²) in [4.78, 5) is 45.4. The molecule has 0 aromatic heterocycles. The lowest BCUT2D eigenvalue weighted by Gasteiger charge is -2.37. The van der Waals surface area contributed by atoms with Gasteiger partial charge in [-0.1, -0.05) is 117 Å². The van der Waals surface area contributed by atoms with Gasteiger partial charge in [0.05, 0.1) is 0 Å². The molecule has 125 heavy (non-hydrogen) atoms. The summed E-state index contributed by atoms with van der Waals surface area (Å²) in [6, 6.07) is 7.23. The molecule has 0 amide bonds. The Bertz CT molecular complexity index is 2110. The molecule has 3 saturated heterocycles. The third kappa shape index (κ3) is 99.8. The molecule has 4 aliphatic rings. The van der Waals surface area contributed by atoms with Crippen LogP contribution in [0.5, 0.6) is 0 Å². The second-order valence-corrected chi connectivity index (χ2v) is 40.3. The number of hydrogen-bond donors (Lipinski definition) is 5. The summed E-state index contributed by atoms with van der Waals surface area (Å²) in [6.07, 6.45) is 18.0. The van der Waals surface area contributed by atoms with Crippen molar-refractivity contribution in [1.82, 2.24) is 110 Å². The smallest absolute Gasteiger partial charge is 0.0363 e. The molecule has 1 unspecified atom stereocenters. The van der Waals surface area contributed by atoms with Crippen LogP contribution in [0.4, 0.5) is 0 Å². The van der Waals surface area contributed by atoms with E-state index in [0.29, 0.717) is 54.4 Å². The second kappa shape index (κ2) is 91.6. The Morgan fingerprint density at radius 1 is 0.320 bits per heavy atom. The van der Waals surface area contributed by atoms with E-state index in [-0.39, 0.29) is 0 Å². The van der Waals surface area contributed by atoms with Crippen molar-refractivity contribution in [2.24, 2.45) is 4.99 Å². The Morgan fingerprint density at radius 2 is 0.656 bits per heavy atom. The number of nitrogens with zero attached hydrogens (tertiary/aromatic N) is 18. The molecule has 5 N–H and O–H groups in total. The second-order valence-electron chi connectivity index (χ2n) is 40.3. The molecule has 23 nitrogen and oxygen atoms in total. The lowest BCUT2D eigenvalue weighted by molar-refractivity contribution is 0.106. The van der Waals surface area contributed by atoms with Crippen LogP contribution in [0.25, 0.3) is 0 Å². The fourth-order valence-electron chi connectivity index (χ4n) is 14.1. The van der Waals surface area contributed by atoms with Crippen LogP contribution in [0, 0.1) is 0 Å². The van der Waals surface area contributed by atoms with E-state index >= 15 is 0 Å². The van der Waals surface area contributed by atoms with Gasteiger partial charge in [0.2, 0.25) is 0 Å². The van der Waals surface area contributed by atoms with Crippen molar-refractivity contribution >= 4 is 6.21 Å². The maximum atomic E-state index is 4.28. The van der Waals surface area contributed by atoms with Crippen molar-refractivity contribution in [3.05, 3.63) is 11.8 Å². The number of aliphatic imine (C=N–C) groups is 1. The van der Waals surface area contributed by atoms with E-state index in [1.165, 1.54) is 253 Å². The quantitative estimate of drug-likeness (QED) is 0.0370. The summed E-state index contributed by atoms with van der Waals surface area (Å²) in [5.41, 5.74) is 1.28. The van der Waals surface area contributed by atoms with Crippen molar-refractivity contribution in [2.45, 2.75) is 324 Å². The first kappa shape index (κ1) is 134. The molecule has 4 aliphatic heterocycles. The number of hydrogen-bond acceptors (Lipinski definition) is 23. The van der Waals surface area contributed by atoms with Crippen LogP contribution >= 0.6 is 0 Å². The van der Waals surface area contributed by atoms with Gasteiger partial charge < -0.3 is 85.4 Å². The molecule has 3 fully saturated rings. The minimum Gasteiger partial charge on any atom is -0.315 e. The van der Waals surface area contributed by atoms with Crippen LogP contribution in [-0.4, -0.2) is 490 Å². The SMILES string of the molecule is CC(C)N(CCN(C)C)CCN(C)C.CC(C)N1CCCN(C)CC1.CC(C)N1CCN(C)CC1.CC(C)N1CCN(CCCN(C)C)CC1.CC(C)NCCCCC1=CCC=N1.CC(C)NCCCCN(C)C.CC(C)NCCCN(C)C.CC(C)NCCN(C)C.CCN(CC)CCCC(C)NC(C)C.CCN(CC)CCN(CCN(CC)CC)C(C)C. The molecule has 4 heterocycles. The van der Waals surface area contributed by atoms with E-state index in [4.69, 9.17) is 0 Å². The number of rotatable bonds is 54. The van der Waals surface area contributed by atoms with Gasteiger partial charge in [0, 0.05) is 216 Å². The normalized spacial score (nSPS) is 15.6. The minimum absolute atomic E-state index is 0.610. The number of allylic oxidation sites excluding steroid dienone is 2. The predicted octanol–water partition coefficient (Wildman–Crippen LogP) is 13.7. The first-order valence-electron chi connectivity index (χ1n) is 51.5. The zero-order valence-electron chi connectivity index (χ0n) is 92.8. The van der Waals surface area contributed by atoms with Gasteiger partial charge in [-0.15, -0.1) is 0 Å². The van der Waals surface area contributed by atoms with Gasteiger partial charge in [-0.05, 0) is 344 Å². The highest BCUT2D eigenvalue weighted by Crippen LogP contribution is 2.14. The van der Waals surface area contributed by atoms with Crippen molar-refractivity contribution in [3.8, 4) is 0 Å². The number of unbranched alkanes of at least 4 members (excludes halogenated alkanes) is 2. The van der Waals surface area contributed by atoms with Gasteiger partial charge in [-0.25, -0.2) is 0 Å². The average molecular weight is 1780 g/mol. The number of piperazine rings is 2. The van der Waals surface area contributed by atoms with Crippen LogP contribution in [0.15, 0.2) is 16.8 Å². The Morgan fingerprint density at radius 3 is 1.01 bits per heavy atom. The third-order valence-corrected chi connectivity index (χ3v) is 23.1. The Balaban J connectivity index is -0.000000317. The molecule has 0 saturated carbocycles. The lowest BCUT2D eigenvalue weighted by Crippen LogP contribution is -2.49. The van der Waals surface area contributed by atoms with Crippen LogP contribution in [0.1, 0.15) is 258 Å². The van der Waals surface area contributed by atoms with Crippen molar-refractivity contribution < 1.29 is 0 Å². The molecular formula is C102H235N23. The summed E-state index contributed by atoms with van der Waals surface area (Å²) in [6.45, 7) is 104. The van der Waals surface area contributed by atoms with E-state index in [1.54, 1.807) is 0 Å². The monoisotopic (exact) mass is 1780 g/mol. The molecule has 0 radical (unpaired) electrons. The largest absolute Gasteiger partial charge is 0.315 e. The zero-order valence-corrected chi connectivity index (χ0v) is 92.8. The fourth-order valence-corrected chi connectivity index (χ4v) is 14.1. The van der Waals surface area contributed by atoms with Crippen molar-refractivity contribution in [2.75, 3.05) is 334 Å². The van der Waals surface area contributed by atoms with Gasteiger partial charge in [0.15, 0.2) is 0 Å². The summed E-state index contributed by atoms with van der Waals surface area (Å²) < 4.78 is 0. The average Bonchev–Trinajstić information content (AvgIpc) is 1.83. The van der Waals surface area contributed by atoms with Gasteiger partial charge in [0.25, 0.3) is 0 Å². The third-order valence-electron chi connectivity index (χ3n) is 23.1. The summed E-state index contributed by atoms with van der Waals surface area (Å²) >= 11 is 0. The highest BCUT2D eigenvalue weighted by Gasteiger charge is 2.20. The molecule has 0 aliphatic carbocycles. The van der Waals surface area contributed by atoms with Crippen LogP contribution in [0.2, 0.25) is 0 Å². The maximum absolute atomic E-state index is 4.28. The predicted molar refractivity (Wildman–Crippen MR) is 567 cm³/mol. The van der Waals surface area contributed by atoms with Crippen LogP contribution in [0.3, 0.4) is 0 Å². The molecule has 0 bridgehead atoms. The maximum Gasteiger partial charge on any atom is 0.0363 e. The molecule has 0 aromatic carbocycles. The number of likely N-dealkylation sites (N-methyl/N-ethyl adjacent to an activating group) is 7. The summed E-state index contributed by atoms with van der Waals surface area (Å²) in [5.74, 6) is 0. The van der Waals surface area contributed by atoms with E-state index in [2.05, 4.69) is 407 Å². The van der Waals surface area contributed by atoms with Gasteiger partial charge in [-0.3, -0.25) is 29.5 Å². The lowest BCUT2D eigenvalue weighted by atomic mass is 10.1. The molecule has 4 rings (SSSR count). The number of nitrogens with one attached hydrogen (secondary N) is 5. The Hall–Kier alpha value is -1.47. The van der Waals surface area contributed by atoms with Gasteiger partial charge >= 0.3 is 0 Å². The Labute approximate surface area is 786 Å². The minimum atomic E-state index is 0.610. The van der Waals surface area contributed by atoms with E-state index in [1.807, 2.05) is 6.21 Å². The fraction of sp³-hybridized carbons (Fsp3) is 0.971. The van der Waals surface area contributed by atoms with E-state index < -0.39 is 0 Å². The van der Waals surface area contributed by atoms with Crippen molar-refractivity contribution in [1.29, 1.82) is 0 Å². The van der Waals surface area contributed by atoms with Crippen LogP contribution in [-0.2, 0) is 0 Å². The molecular weight excluding hydrogens is 1550 g/mol. The van der Waals surface area contributed by atoms with Gasteiger partial charge in [-0.2, -0.15) is 0 Å². The first-order valence-corrected chi connectivity index (χ1v) is 51.5. The molecule has 23 heteroatoms. The highest BCUT2D eigenvalue weighted by atomic mass is 15.3. The van der Waals surface area contributed by atoms with E-state index in [9.17, 15) is 0 Å². The summed E-state index contributed by atoms with van der Waals surface area (Å²) in [7, 11) is 29.8. The molecule has 0 aromatic rings. The van der Waals surface area contributed by atoms with Crippen molar-refractivity contribution in [3.63, 3.8) is 0 Å². The standard InChI is InChI=1S/C15H35N3.C12H27N3.C12H28N2.C11H27N3.C11H20N2.C9H20N2.C9H22N2.C8H18N2.C8H20N2.C7H18N2/c1-7-16(8-2)11-13-18(15(5)6)14-12-17(9-3)10-4;1-12(2)15-10-8-14(9-11-15)7-5-6-13(3)4;1-6-14(7-2)10-8-9-12(5)13-11(3)4;1-11(2)14(9-7-12(3)4)10-8-13(5)6;1-10(2)12-8-4-3-6-11-7-5-9-13-11;1-9(2)11-6-4-5-10(3)7-8-11;1-9(2)10-7-5-6-8-11(3)4;1-8(2)10-6-4-9(3)5-7-10;1-8(2)9-6-5-7-10(3)4;1-7(2)8-5-6-9(3)4/h15H,7-14H2,1-6H3;12H,5-11H2,1-4H3;11-13H,6-10H2,1-5H3;11H,7-10H2,1-6H3;7,9-10,12H,3-6,8H2,1-2H3;9H,4-8H2,1-3H3;9-10H,5-8H2,1-4H3;8H,4-7H2,1-3H3;8-9H,5-7H2,1-4H3;7-8H,5-6H2,1-4H3. The zero-order chi connectivity index (χ0) is 96.6. The summed E-state index contributed by atoms with van der Waals surface area (Å²) in [5, 5.41) is 17.1. The van der Waals surface area contributed by atoms with E-state index in [0.717, 1.165) is 70.7 Å². The van der Waals surface area contributed by atoms with Gasteiger partial charge in [0.1, 0.15) is 0 Å². The highest BCUT2D eigenvalue weighted by molar-refractivity contribution is 5.64. The Kier molecular flexibility index (Phi) is 98.4. The molecule has 758 valence electrons. The van der Waals surface area contributed by atoms with Crippen LogP contribution < -0.4 is 26.6 Å². The first-order chi connectivity index (χ1) is 58.8. The molecule has 1 atom stereocenters. The molecule has 0 spiro atoms. The topological polar surface area (TPSA) is 128 Å².